The van der Waals surface area contributed by atoms with Crippen molar-refractivity contribution in [2.75, 3.05) is 18.2 Å². The van der Waals surface area contributed by atoms with Crippen molar-refractivity contribution in [3.8, 4) is 5.75 Å². The van der Waals surface area contributed by atoms with Gasteiger partial charge in [-0.3, -0.25) is 4.79 Å². The van der Waals surface area contributed by atoms with Crippen LogP contribution in [0.3, 0.4) is 0 Å². The normalized spacial score (nSPS) is 10.0. The van der Waals surface area contributed by atoms with E-state index in [1.165, 1.54) is 13.3 Å². The number of hydrogen-bond donors (Lipinski definition) is 2. The number of para-hydroxylation sites is 1. The van der Waals surface area contributed by atoms with Gasteiger partial charge in [-0.15, -0.1) is 0 Å². The number of nitrogens with zero attached hydrogens (tertiary/aromatic N) is 1. The van der Waals surface area contributed by atoms with E-state index in [2.05, 4.69) is 26.2 Å². The number of pyridine rings is 1. The first-order valence-electron chi connectivity index (χ1n) is 5.47. The van der Waals surface area contributed by atoms with Crippen molar-refractivity contribution in [1.82, 2.24) is 4.98 Å². The molecule has 0 bridgehead atoms. The average molecular weight is 322 g/mol. The van der Waals surface area contributed by atoms with Gasteiger partial charge in [0, 0.05) is 0 Å². The number of anilines is 2. The fraction of sp³-hybridized carbons (Fsp3) is 0.0769. The minimum atomic E-state index is -0.296. The van der Waals surface area contributed by atoms with E-state index in [1.54, 1.807) is 30.3 Å². The number of methoxy groups -OCH3 is 1. The highest BCUT2D eigenvalue weighted by Gasteiger charge is 2.13. The van der Waals surface area contributed by atoms with E-state index in [0.717, 1.165) is 0 Å². The van der Waals surface area contributed by atoms with Crippen LogP contribution in [0.1, 0.15) is 10.4 Å². The Morgan fingerprint density at radius 2 is 2.16 bits per heavy atom. The molecule has 5 nitrogen and oxygen atoms in total. The van der Waals surface area contributed by atoms with Crippen molar-refractivity contribution in [2.45, 2.75) is 0 Å². The molecule has 0 unspecified atom stereocenters. The van der Waals surface area contributed by atoms with Gasteiger partial charge in [0.2, 0.25) is 0 Å². The van der Waals surface area contributed by atoms with Gasteiger partial charge in [0.25, 0.3) is 5.91 Å². The molecule has 0 aliphatic heterocycles. The summed E-state index contributed by atoms with van der Waals surface area (Å²) in [5, 5.41) is 2.70. The summed E-state index contributed by atoms with van der Waals surface area (Å²) in [6.45, 7) is 0. The highest BCUT2D eigenvalue weighted by Crippen LogP contribution is 2.24. The summed E-state index contributed by atoms with van der Waals surface area (Å²) in [5.41, 5.74) is 6.55. The van der Waals surface area contributed by atoms with E-state index in [1.807, 2.05) is 0 Å². The fourth-order valence-corrected chi connectivity index (χ4v) is 2.02. The number of carbonyl (C=O) groups excluding carboxylic acids is 1. The van der Waals surface area contributed by atoms with Crippen LogP contribution < -0.4 is 15.8 Å². The molecule has 0 radical (unpaired) electrons. The lowest BCUT2D eigenvalue weighted by Gasteiger charge is -2.09. The van der Waals surface area contributed by atoms with Gasteiger partial charge in [0.05, 0.1) is 29.0 Å². The zero-order valence-corrected chi connectivity index (χ0v) is 11.8. The number of aromatic nitrogens is 1. The lowest BCUT2D eigenvalue weighted by Crippen LogP contribution is -2.14. The smallest absolute Gasteiger partial charge is 0.260 e. The number of nitrogen functional groups attached to an aromatic ring is 1. The minimum Gasteiger partial charge on any atom is -0.496 e. The number of rotatable bonds is 3. The SMILES string of the molecule is COc1ccccc1C(=O)Nc1ncc(N)cc1Br. The van der Waals surface area contributed by atoms with Crippen molar-refractivity contribution in [1.29, 1.82) is 0 Å². The standard InChI is InChI=1S/C13H12BrN3O2/c1-19-11-5-3-2-4-9(11)13(18)17-12-10(14)6-8(15)7-16-12/h2-7H,15H2,1H3,(H,16,17,18). The van der Waals surface area contributed by atoms with Crippen LogP contribution in [-0.2, 0) is 0 Å². The molecule has 0 spiro atoms. The van der Waals surface area contributed by atoms with Gasteiger partial charge >= 0.3 is 0 Å². The molecule has 0 saturated carbocycles. The maximum Gasteiger partial charge on any atom is 0.260 e. The van der Waals surface area contributed by atoms with Gasteiger partial charge in [-0.2, -0.15) is 0 Å². The molecule has 2 aromatic rings. The Hall–Kier alpha value is -2.08. The minimum absolute atomic E-state index is 0.296. The summed E-state index contributed by atoms with van der Waals surface area (Å²) in [4.78, 5) is 16.2. The number of nitrogens with one attached hydrogen (secondary N) is 1. The monoisotopic (exact) mass is 321 g/mol. The summed E-state index contributed by atoms with van der Waals surface area (Å²) in [7, 11) is 1.52. The third kappa shape index (κ3) is 3.03. The van der Waals surface area contributed by atoms with Crippen molar-refractivity contribution >= 4 is 33.3 Å². The van der Waals surface area contributed by atoms with Gasteiger partial charge in [-0.1, -0.05) is 12.1 Å². The van der Waals surface area contributed by atoms with Crippen LogP contribution in [-0.4, -0.2) is 18.0 Å². The summed E-state index contributed by atoms with van der Waals surface area (Å²) in [6.07, 6.45) is 1.47. The molecule has 19 heavy (non-hydrogen) atoms. The molecule has 0 saturated heterocycles. The van der Waals surface area contributed by atoms with Gasteiger partial charge in [-0.25, -0.2) is 4.98 Å². The number of halogens is 1. The molecule has 2 rings (SSSR count). The molecular formula is C13H12BrN3O2. The molecule has 0 aliphatic carbocycles. The van der Waals surface area contributed by atoms with Gasteiger partial charge in [0.1, 0.15) is 11.6 Å². The number of amides is 1. The Kier molecular flexibility index (Phi) is 4.01. The van der Waals surface area contributed by atoms with Crippen molar-refractivity contribution in [3.05, 3.63) is 46.6 Å². The molecule has 3 N–H and O–H groups in total. The number of nitrogens with two attached hydrogens (primary N) is 1. The second-order valence-electron chi connectivity index (χ2n) is 3.75. The molecular weight excluding hydrogens is 310 g/mol. The largest absolute Gasteiger partial charge is 0.496 e. The Bertz CT molecular complexity index is 617. The Morgan fingerprint density at radius 1 is 1.42 bits per heavy atom. The van der Waals surface area contributed by atoms with Crippen LogP contribution in [0.2, 0.25) is 0 Å². The highest BCUT2D eigenvalue weighted by molar-refractivity contribution is 9.10. The summed E-state index contributed by atoms with van der Waals surface area (Å²) in [5.74, 6) is 0.618. The van der Waals surface area contributed by atoms with E-state index in [4.69, 9.17) is 10.5 Å². The van der Waals surface area contributed by atoms with Crippen LogP contribution in [0.15, 0.2) is 41.0 Å². The predicted octanol–water partition coefficient (Wildman–Crippen LogP) is 2.69. The second-order valence-corrected chi connectivity index (χ2v) is 4.61. The van der Waals surface area contributed by atoms with Crippen molar-refractivity contribution in [3.63, 3.8) is 0 Å². The lowest BCUT2D eigenvalue weighted by atomic mass is 10.2. The molecule has 1 amide bonds. The Balaban J connectivity index is 2.26. The van der Waals surface area contributed by atoms with Gasteiger partial charge in [0.15, 0.2) is 0 Å². The average Bonchev–Trinajstić information content (AvgIpc) is 2.41. The number of benzene rings is 1. The van der Waals surface area contributed by atoms with Crippen LogP contribution in [0.5, 0.6) is 5.75 Å². The second kappa shape index (κ2) is 5.71. The molecule has 1 aromatic carbocycles. The lowest BCUT2D eigenvalue weighted by molar-refractivity contribution is 0.102. The molecule has 1 aromatic heterocycles. The molecule has 0 fully saturated rings. The zero-order chi connectivity index (χ0) is 13.8. The van der Waals surface area contributed by atoms with Crippen LogP contribution in [0.25, 0.3) is 0 Å². The molecule has 1 heterocycles. The number of carbonyl (C=O) groups is 1. The predicted molar refractivity (Wildman–Crippen MR) is 77.3 cm³/mol. The van der Waals surface area contributed by atoms with E-state index in [9.17, 15) is 4.79 Å². The molecule has 0 atom stereocenters. The summed E-state index contributed by atoms with van der Waals surface area (Å²) in [6, 6.07) is 8.64. The quantitative estimate of drug-likeness (QED) is 0.911. The van der Waals surface area contributed by atoms with Gasteiger partial charge < -0.3 is 15.8 Å². The first-order chi connectivity index (χ1) is 9.11. The van der Waals surface area contributed by atoms with Crippen LogP contribution in [0.4, 0.5) is 11.5 Å². The maximum atomic E-state index is 12.1. The molecule has 98 valence electrons. The molecule has 0 aliphatic rings. The Labute approximate surface area is 118 Å². The highest BCUT2D eigenvalue weighted by atomic mass is 79.9. The van der Waals surface area contributed by atoms with E-state index in [-0.39, 0.29) is 5.91 Å². The fourth-order valence-electron chi connectivity index (χ4n) is 1.55. The summed E-state index contributed by atoms with van der Waals surface area (Å²) < 4.78 is 5.76. The van der Waals surface area contributed by atoms with E-state index < -0.39 is 0 Å². The van der Waals surface area contributed by atoms with Crippen LogP contribution >= 0.6 is 15.9 Å². The van der Waals surface area contributed by atoms with Crippen molar-refractivity contribution in [2.24, 2.45) is 0 Å². The number of hydrogen-bond acceptors (Lipinski definition) is 4. The van der Waals surface area contributed by atoms with Crippen LogP contribution in [0, 0.1) is 0 Å². The van der Waals surface area contributed by atoms with E-state index >= 15 is 0 Å². The third-order valence-corrected chi connectivity index (χ3v) is 3.05. The third-order valence-electron chi connectivity index (χ3n) is 2.45. The van der Waals surface area contributed by atoms with Gasteiger partial charge in [-0.05, 0) is 34.1 Å². The number of ether oxygens (including phenoxy) is 1. The molecule has 6 heteroatoms. The van der Waals surface area contributed by atoms with Crippen molar-refractivity contribution < 1.29 is 9.53 Å². The first-order valence-corrected chi connectivity index (χ1v) is 6.26. The zero-order valence-electron chi connectivity index (χ0n) is 10.2. The topological polar surface area (TPSA) is 77.2 Å². The first kappa shape index (κ1) is 13.4. The van der Waals surface area contributed by atoms with E-state index in [0.29, 0.717) is 27.3 Å². The summed E-state index contributed by atoms with van der Waals surface area (Å²) >= 11 is 3.30. The Morgan fingerprint density at radius 3 is 2.84 bits per heavy atom. The maximum absolute atomic E-state index is 12.1.